The van der Waals surface area contributed by atoms with Crippen LogP contribution < -0.4 is 15.4 Å². The Labute approximate surface area is 152 Å². The van der Waals surface area contributed by atoms with Gasteiger partial charge in [-0.15, -0.1) is 0 Å². The summed E-state index contributed by atoms with van der Waals surface area (Å²) in [4.78, 5) is 23.5. The van der Waals surface area contributed by atoms with E-state index in [-0.39, 0.29) is 24.3 Å². The Kier molecular flexibility index (Phi) is 7.29. The summed E-state index contributed by atoms with van der Waals surface area (Å²) in [6.45, 7) is 2.17. The highest BCUT2D eigenvalue weighted by molar-refractivity contribution is 6.30. The Morgan fingerprint density at radius 1 is 1.08 bits per heavy atom. The van der Waals surface area contributed by atoms with Crippen molar-refractivity contribution in [3.05, 3.63) is 65.2 Å². The fourth-order valence-electron chi connectivity index (χ4n) is 2.33. The monoisotopic (exact) mass is 360 g/mol. The van der Waals surface area contributed by atoms with E-state index in [1.807, 2.05) is 30.3 Å². The van der Waals surface area contributed by atoms with E-state index in [4.69, 9.17) is 16.3 Å². The Balaban J connectivity index is 1.78. The van der Waals surface area contributed by atoms with E-state index in [0.29, 0.717) is 23.9 Å². The average molecular weight is 361 g/mol. The van der Waals surface area contributed by atoms with Crippen LogP contribution in [0, 0.1) is 0 Å². The second kappa shape index (κ2) is 9.69. The number of hydrogen-bond acceptors (Lipinski definition) is 3. The molecule has 2 aromatic rings. The summed E-state index contributed by atoms with van der Waals surface area (Å²) in [5.74, 6) is 0.370. The fourth-order valence-corrected chi connectivity index (χ4v) is 2.46. The summed E-state index contributed by atoms with van der Waals surface area (Å²) in [6, 6.07) is 16.1. The van der Waals surface area contributed by atoms with E-state index in [0.717, 1.165) is 5.56 Å². The van der Waals surface area contributed by atoms with Gasteiger partial charge in [-0.2, -0.15) is 0 Å². The summed E-state index contributed by atoms with van der Waals surface area (Å²) in [7, 11) is 0. The maximum absolute atomic E-state index is 12.1. The molecular formula is C19H21ClN2O3. The van der Waals surface area contributed by atoms with Gasteiger partial charge in [0.15, 0.2) is 0 Å². The quantitative estimate of drug-likeness (QED) is 0.711. The SMILES string of the molecule is CC(=O)NC(CC(=O)NCCOc1ccc(Cl)cc1)c1ccccc1. The minimum absolute atomic E-state index is 0.151. The number of carbonyl (C=O) groups excluding carboxylic acids is 2. The molecule has 5 nitrogen and oxygen atoms in total. The molecule has 0 aromatic heterocycles. The van der Waals surface area contributed by atoms with Gasteiger partial charge in [0.2, 0.25) is 11.8 Å². The first-order valence-corrected chi connectivity index (χ1v) is 8.39. The first-order chi connectivity index (χ1) is 12.0. The molecule has 1 unspecified atom stereocenters. The van der Waals surface area contributed by atoms with E-state index in [9.17, 15) is 9.59 Å². The summed E-state index contributed by atoms with van der Waals surface area (Å²) >= 11 is 5.81. The van der Waals surface area contributed by atoms with Crippen molar-refractivity contribution in [1.29, 1.82) is 0 Å². The molecule has 2 amide bonds. The smallest absolute Gasteiger partial charge is 0.222 e. The number of nitrogens with one attached hydrogen (secondary N) is 2. The van der Waals surface area contributed by atoms with Crippen LogP contribution in [0.2, 0.25) is 5.02 Å². The summed E-state index contributed by atoms with van der Waals surface area (Å²) < 4.78 is 5.52. The molecule has 0 aliphatic heterocycles. The first kappa shape index (κ1) is 18.8. The molecule has 132 valence electrons. The Morgan fingerprint density at radius 3 is 2.40 bits per heavy atom. The average Bonchev–Trinajstić information content (AvgIpc) is 2.60. The molecule has 0 bridgehead atoms. The third-order valence-electron chi connectivity index (χ3n) is 3.48. The van der Waals surface area contributed by atoms with Crippen LogP contribution >= 0.6 is 11.6 Å². The van der Waals surface area contributed by atoms with Gasteiger partial charge in [-0.3, -0.25) is 9.59 Å². The summed E-state index contributed by atoms with van der Waals surface area (Å²) in [6.07, 6.45) is 0.171. The number of rotatable bonds is 8. The van der Waals surface area contributed by atoms with Crippen molar-refractivity contribution in [2.24, 2.45) is 0 Å². The number of ether oxygens (including phenoxy) is 1. The van der Waals surface area contributed by atoms with E-state index in [2.05, 4.69) is 10.6 Å². The molecule has 2 rings (SSSR count). The van der Waals surface area contributed by atoms with Crippen molar-refractivity contribution in [2.45, 2.75) is 19.4 Å². The van der Waals surface area contributed by atoms with Crippen LogP contribution in [0.3, 0.4) is 0 Å². The zero-order chi connectivity index (χ0) is 18.1. The van der Waals surface area contributed by atoms with Crippen molar-refractivity contribution in [3.8, 4) is 5.75 Å². The maximum Gasteiger partial charge on any atom is 0.222 e. The molecule has 0 aliphatic carbocycles. The Bertz CT molecular complexity index is 690. The molecule has 6 heteroatoms. The first-order valence-electron chi connectivity index (χ1n) is 8.01. The Morgan fingerprint density at radius 2 is 1.76 bits per heavy atom. The fraction of sp³-hybridized carbons (Fsp3) is 0.263. The van der Waals surface area contributed by atoms with E-state index in [1.54, 1.807) is 24.3 Å². The summed E-state index contributed by atoms with van der Waals surface area (Å²) in [5.41, 5.74) is 0.894. The van der Waals surface area contributed by atoms with Gasteiger partial charge in [0.25, 0.3) is 0 Å². The molecule has 0 heterocycles. The third-order valence-corrected chi connectivity index (χ3v) is 3.73. The van der Waals surface area contributed by atoms with Crippen LogP contribution in [0.25, 0.3) is 0 Å². The molecule has 0 spiro atoms. The lowest BCUT2D eigenvalue weighted by Gasteiger charge is -2.18. The summed E-state index contributed by atoms with van der Waals surface area (Å²) in [5, 5.41) is 6.25. The van der Waals surface area contributed by atoms with E-state index < -0.39 is 0 Å². The normalized spacial score (nSPS) is 11.4. The zero-order valence-electron chi connectivity index (χ0n) is 14.0. The van der Waals surface area contributed by atoms with Gasteiger partial charge >= 0.3 is 0 Å². The minimum Gasteiger partial charge on any atom is -0.492 e. The van der Waals surface area contributed by atoms with E-state index in [1.165, 1.54) is 6.92 Å². The van der Waals surface area contributed by atoms with Gasteiger partial charge in [-0.05, 0) is 29.8 Å². The molecule has 0 saturated carbocycles. The lowest BCUT2D eigenvalue weighted by atomic mass is 10.0. The number of benzene rings is 2. The predicted octanol–water partition coefficient (Wildman–Crippen LogP) is 3.10. The van der Waals surface area contributed by atoms with Crippen LogP contribution in [0.5, 0.6) is 5.75 Å². The maximum atomic E-state index is 12.1. The molecule has 0 radical (unpaired) electrons. The third kappa shape index (κ3) is 6.85. The lowest BCUT2D eigenvalue weighted by Crippen LogP contribution is -2.34. The van der Waals surface area contributed by atoms with Crippen LogP contribution in [-0.2, 0) is 9.59 Å². The largest absolute Gasteiger partial charge is 0.492 e. The Hall–Kier alpha value is -2.53. The van der Waals surface area contributed by atoms with Crippen molar-refractivity contribution in [1.82, 2.24) is 10.6 Å². The zero-order valence-corrected chi connectivity index (χ0v) is 14.8. The standard InChI is InChI=1S/C19H21ClN2O3/c1-14(23)22-18(15-5-3-2-4-6-15)13-19(24)21-11-12-25-17-9-7-16(20)8-10-17/h2-10,18H,11-13H2,1H3,(H,21,24)(H,22,23). The highest BCUT2D eigenvalue weighted by Gasteiger charge is 2.16. The number of carbonyl (C=O) groups is 2. The van der Waals surface area contributed by atoms with Gasteiger partial charge in [0.1, 0.15) is 12.4 Å². The molecule has 2 N–H and O–H groups in total. The number of halogens is 1. The molecular weight excluding hydrogens is 340 g/mol. The van der Waals surface area contributed by atoms with Crippen LogP contribution in [0.15, 0.2) is 54.6 Å². The molecule has 0 saturated heterocycles. The van der Waals surface area contributed by atoms with Crippen molar-refractivity contribution < 1.29 is 14.3 Å². The van der Waals surface area contributed by atoms with Crippen molar-refractivity contribution in [2.75, 3.05) is 13.2 Å². The highest BCUT2D eigenvalue weighted by atomic mass is 35.5. The molecule has 0 fully saturated rings. The van der Waals surface area contributed by atoms with Gasteiger partial charge in [0.05, 0.1) is 19.0 Å². The van der Waals surface area contributed by atoms with Gasteiger partial charge in [0, 0.05) is 11.9 Å². The number of hydrogen-bond donors (Lipinski definition) is 2. The number of amides is 2. The van der Waals surface area contributed by atoms with Gasteiger partial charge < -0.3 is 15.4 Å². The van der Waals surface area contributed by atoms with Gasteiger partial charge in [-0.1, -0.05) is 41.9 Å². The second-order valence-electron chi connectivity index (χ2n) is 5.52. The second-order valence-corrected chi connectivity index (χ2v) is 5.96. The molecule has 2 aromatic carbocycles. The van der Waals surface area contributed by atoms with Crippen molar-refractivity contribution in [3.63, 3.8) is 0 Å². The van der Waals surface area contributed by atoms with Gasteiger partial charge in [-0.25, -0.2) is 0 Å². The van der Waals surface area contributed by atoms with Crippen LogP contribution in [0.1, 0.15) is 24.9 Å². The lowest BCUT2D eigenvalue weighted by molar-refractivity contribution is -0.122. The van der Waals surface area contributed by atoms with Crippen LogP contribution in [-0.4, -0.2) is 25.0 Å². The topological polar surface area (TPSA) is 67.4 Å². The van der Waals surface area contributed by atoms with Crippen molar-refractivity contribution >= 4 is 23.4 Å². The highest BCUT2D eigenvalue weighted by Crippen LogP contribution is 2.17. The van der Waals surface area contributed by atoms with E-state index >= 15 is 0 Å². The van der Waals surface area contributed by atoms with Crippen LogP contribution in [0.4, 0.5) is 0 Å². The predicted molar refractivity (Wildman–Crippen MR) is 97.6 cm³/mol. The molecule has 0 aliphatic rings. The molecule has 1 atom stereocenters. The minimum atomic E-state index is -0.351. The molecule has 25 heavy (non-hydrogen) atoms.